The number of nitrogens with zero attached hydrogens (tertiary/aromatic N) is 2. The molecule has 1 N–H and O–H groups in total. The molecule has 1 fully saturated rings. The monoisotopic (exact) mass is 309 g/mol. The molecule has 1 aromatic rings. The van der Waals surface area contributed by atoms with Gasteiger partial charge in [0.15, 0.2) is 5.13 Å². The van der Waals surface area contributed by atoms with Crippen LogP contribution in [-0.2, 0) is 0 Å². The van der Waals surface area contributed by atoms with Crippen molar-refractivity contribution < 1.29 is 0 Å². The van der Waals surface area contributed by atoms with Gasteiger partial charge in [0.1, 0.15) is 0 Å². The van der Waals surface area contributed by atoms with E-state index in [1.165, 1.54) is 35.0 Å². The van der Waals surface area contributed by atoms with Crippen molar-refractivity contribution in [1.29, 1.82) is 0 Å². The minimum absolute atomic E-state index is 0.394. The highest BCUT2D eigenvalue weighted by Crippen LogP contribution is 2.37. The predicted octanol–water partition coefficient (Wildman–Crippen LogP) is 4.38. The maximum atomic E-state index is 4.84. The molecule has 2 heterocycles. The summed E-state index contributed by atoms with van der Waals surface area (Å²) in [5, 5.41) is 4.55. The molecule has 4 heteroatoms. The summed E-state index contributed by atoms with van der Waals surface area (Å²) in [6.45, 7) is 13.8. The van der Waals surface area contributed by atoms with Gasteiger partial charge in [-0.3, -0.25) is 0 Å². The largest absolute Gasteiger partial charge is 0.348 e. The van der Waals surface area contributed by atoms with Crippen LogP contribution in [0.15, 0.2) is 0 Å². The van der Waals surface area contributed by atoms with Gasteiger partial charge < -0.3 is 10.2 Å². The molecule has 0 spiro atoms. The zero-order chi connectivity index (χ0) is 15.6. The summed E-state index contributed by atoms with van der Waals surface area (Å²) in [5.74, 6) is 0.833. The molecule has 21 heavy (non-hydrogen) atoms. The van der Waals surface area contributed by atoms with Crippen molar-refractivity contribution in [2.45, 2.75) is 59.9 Å². The maximum Gasteiger partial charge on any atom is 0.185 e. The molecule has 2 atom stereocenters. The minimum Gasteiger partial charge on any atom is -0.348 e. The van der Waals surface area contributed by atoms with Gasteiger partial charge >= 0.3 is 0 Å². The third kappa shape index (κ3) is 3.98. The predicted molar refractivity (Wildman–Crippen MR) is 93.3 cm³/mol. The van der Waals surface area contributed by atoms with Crippen molar-refractivity contribution in [2.24, 2.45) is 11.3 Å². The van der Waals surface area contributed by atoms with Crippen molar-refractivity contribution in [3.63, 3.8) is 0 Å². The van der Waals surface area contributed by atoms with Gasteiger partial charge in [-0.2, -0.15) is 0 Å². The lowest BCUT2D eigenvalue weighted by atomic mass is 9.77. The zero-order valence-electron chi connectivity index (χ0n) is 14.5. The number of anilines is 1. The molecule has 1 aliphatic heterocycles. The normalized spacial score (nSPS) is 22.2. The van der Waals surface area contributed by atoms with Gasteiger partial charge in [-0.15, -0.1) is 11.3 Å². The Bertz CT molecular complexity index is 461. The number of nitrogens with one attached hydrogen (secondary N) is 1. The van der Waals surface area contributed by atoms with Crippen LogP contribution in [0.4, 0.5) is 5.13 Å². The molecule has 1 aromatic heterocycles. The van der Waals surface area contributed by atoms with Crippen molar-refractivity contribution in [3.8, 4) is 0 Å². The van der Waals surface area contributed by atoms with Gasteiger partial charge in [-0.05, 0) is 51.5 Å². The summed E-state index contributed by atoms with van der Waals surface area (Å²) < 4.78 is 0. The Labute approximate surface area is 134 Å². The highest BCUT2D eigenvalue weighted by molar-refractivity contribution is 7.15. The molecule has 1 aliphatic rings. The molecule has 2 rings (SSSR count). The van der Waals surface area contributed by atoms with Gasteiger partial charge in [0.05, 0.1) is 5.69 Å². The Hall–Kier alpha value is -0.610. The SMILES string of the molecule is CNC(C)c1sc(N2CCCC(C(C)(C)C)CC2)nc1C. The third-order valence-electron chi connectivity index (χ3n) is 4.87. The molecule has 0 bridgehead atoms. The summed E-state index contributed by atoms with van der Waals surface area (Å²) >= 11 is 1.87. The molecule has 1 saturated heterocycles. The van der Waals surface area contributed by atoms with E-state index in [0.717, 1.165) is 19.0 Å². The summed E-state index contributed by atoms with van der Waals surface area (Å²) in [4.78, 5) is 8.72. The van der Waals surface area contributed by atoms with E-state index >= 15 is 0 Å². The zero-order valence-corrected chi connectivity index (χ0v) is 15.3. The second kappa shape index (κ2) is 6.66. The molecule has 120 valence electrons. The van der Waals surface area contributed by atoms with E-state index in [1.54, 1.807) is 0 Å². The lowest BCUT2D eigenvalue weighted by Crippen LogP contribution is -2.25. The third-order valence-corrected chi connectivity index (χ3v) is 6.27. The van der Waals surface area contributed by atoms with Crippen LogP contribution in [0.3, 0.4) is 0 Å². The summed E-state index contributed by atoms with van der Waals surface area (Å²) in [6.07, 6.45) is 3.93. The quantitative estimate of drug-likeness (QED) is 0.898. The van der Waals surface area contributed by atoms with Crippen LogP contribution >= 0.6 is 11.3 Å². The first-order valence-electron chi connectivity index (χ1n) is 8.22. The minimum atomic E-state index is 0.394. The average molecular weight is 310 g/mol. The van der Waals surface area contributed by atoms with Gasteiger partial charge in [-0.1, -0.05) is 20.8 Å². The molecule has 3 nitrogen and oxygen atoms in total. The van der Waals surface area contributed by atoms with E-state index in [0.29, 0.717) is 11.5 Å². The highest BCUT2D eigenvalue weighted by atomic mass is 32.1. The van der Waals surface area contributed by atoms with Gasteiger partial charge in [-0.25, -0.2) is 4.98 Å². The van der Waals surface area contributed by atoms with Crippen molar-refractivity contribution >= 4 is 16.5 Å². The van der Waals surface area contributed by atoms with Crippen molar-refractivity contribution in [1.82, 2.24) is 10.3 Å². The first-order chi connectivity index (χ1) is 9.82. The molecular formula is C17H31N3S. The fourth-order valence-electron chi connectivity index (χ4n) is 3.22. The first kappa shape index (κ1) is 16.8. The molecular weight excluding hydrogens is 278 g/mol. The maximum absolute atomic E-state index is 4.84. The average Bonchev–Trinajstić information content (AvgIpc) is 2.65. The second-order valence-corrected chi connectivity index (χ2v) is 8.45. The Morgan fingerprint density at radius 1 is 1.29 bits per heavy atom. The standard InChI is InChI=1S/C17H31N3S/c1-12(18-6)15-13(2)19-16(21-15)20-10-7-8-14(9-11-20)17(3,4)5/h12,14,18H,7-11H2,1-6H3. The van der Waals surface area contributed by atoms with E-state index in [2.05, 4.69) is 44.8 Å². The lowest BCUT2D eigenvalue weighted by Gasteiger charge is -2.29. The topological polar surface area (TPSA) is 28.2 Å². The van der Waals surface area contributed by atoms with Crippen LogP contribution in [0.5, 0.6) is 0 Å². The van der Waals surface area contributed by atoms with Gasteiger partial charge in [0.25, 0.3) is 0 Å². The van der Waals surface area contributed by atoms with Gasteiger partial charge in [0.2, 0.25) is 0 Å². The molecule has 0 aliphatic carbocycles. The molecule has 0 aromatic carbocycles. The number of hydrogen-bond acceptors (Lipinski definition) is 4. The van der Waals surface area contributed by atoms with Crippen LogP contribution in [0.25, 0.3) is 0 Å². The Morgan fingerprint density at radius 2 is 2.00 bits per heavy atom. The van der Waals surface area contributed by atoms with E-state index in [4.69, 9.17) is 4.98 Å². The number of aromatic nitrogens is 1. The summed E-state index contributed by atoms with van der Waals surface area (Å²) in [7, 11) is 2.02. The smallest absolute Gasteiger partial charge is 0.185 e. The first-order valence-corrected chi connectivity index (χ1v) is 9.04. The Balaban J connectivity index is 2.09. The lowest BCUT2D eigenvalue weighted by molar-refractivity contribution is 0.220. The number of aryl methyl sites for hydroxylation is 1. The van der Waals surface area contributed by atoms with E-state index in [-0.39, 0.29) is 0 Å². The number of rotatable bonds is 3. The molecule has 0 amide bonds. The molecule has 0 radical (unpaired) electrons. The van der Waals surface area contributed by atoms with Crippen molar-refractivity contribution in [2.75, 3.05) is 25.0 Å². The van der Waals surface area contributed by atoms with Crippen LogP contribution in [0.1, 0.15) is 63.6 Å². The number of hydrogen-bond donors (Lipinski definition) is 1. The fraction of sp³-hybridized carbons (Fsp3) is 0.824. The van der Waals surface area contributed by atoms with Crippen LogP contribution in [0.2, 0.25) is 0 Å². The van der Waals surface area contributed by atoms with Crippen molar-refractivity contribution in [3.05, 3.63) is 10.6 Å². The van der Waals surface area contributed by atoms with Crippen LogP contribution in [-0.4, -0.2) is 25.1 Å². The van der Waals surface area contributed by atoms with Crippen LogP contribution in [0, 0.1) is 18.3 Å². The molecule has 0 saturated carbocycles. The summed E-state index contributed by atoms with van der Waals surface area (Å²) in [6, 6.07) is 0.394. The Morgan fingerprint density at radius 3 is 2.62 bits per heavy atom. The highest BCUT2D eigenvalue weighted by Gasteiger charge is 2.28. The van der Waals surface area contributed by atoms with E-state index in [1.807, 2.05) is 18.4 Å². The Kier molecular flexibility index (Phi) is 5.31. The van der Waals surface area contributed by atoms with E-state index in [9.17, 15) is 0 Å². The van der Waals surface area contributed by atoms with Gasteiger partial charge in [0, 0.05) is 24.0 Å². The number of thiazole rings is 1. The van der Waals surface area contributed by atoms with Crippen LogP contribution < -0.4 is 10.2 Å². The van der Waals surface area contributed by atoms with E-state index < -0.39 is 0 Å². The fourth-order valence-corrected chi connectivity index (χ4v) is 4.39. The second-order valence-electron chi connectivity index (χ2n) is 7.44. The summed E-state index contributed by atoms with van der Waals surface area (Å²) in [5.41, 5.74) is 1.62. The molecule has 2 unspecified atom stereocenters.